The molecule has 8 heteroatoms. The fourth-order valence-electron chi connectivity index (χ4n) is 3.34. The number of hydrogen-bond donors (Lipinski definition) is 1. The third-order valence-corrected chi connectivity index (χ3v) is 6.74. The number of β-amino-alcohol motifs (C(OH)–C–C–N with tert-alkyl or cyclic N) is 1. The maximum atomic E-state index is 9.23. The van der Waals surface area contributed by atoms with Crippen molar-refractivity contribution in [3.63, 3.8) is 0 Å². The van der Waals surface area contributed by atoms with Crippen molar-refractivity contribution in [1.82, 2.24) is 14.9 Å². The van der Waals surface area contributed by atoms with E-state index in [2.05, 4.69) is 14.9 Å². The Hall–Kier alpha value is -0.665. The summed E-state index contributed by atoms with van der Waals surface area (Å²) in [5.74, 6) is 0.954. The highest BCUT2D eigenvalue weighted by molar-refractivity contribution is 7.99. The highest BCUT2D eigenvalue weighted by Crippen LogP contribution is 2.36. The normalized spacial score (nSPS) is 25.6. The van der Waals surface area contributed by atoms with Crippen molar-refractivity contribution in [3.05, 3.63) is 12.4 Å². The fraction of sp³-hybridized carbons (Fsp3) is 0.778. The number of aliphatic hydroxyl groups is 1. The van der Waals surface area contributed by atoms with Crippen LogP contribution in [-0.2, 0) is 9.31 Å². The zero-order valence-corrected chi connectivity index (χ0v) is 17.1. The van der Waals surface area contributed by atoms with E-state index < -0.39 is 7.12 Å². The fourth-order valence-corrected chi connectivity index (χ4v) is 4.32. The zero-order chi connectivity index (χ0) is 18.8. The average molecular weight is 379 g/mol. The molecule has 144 valence electrons. The lowest BCUT2D eigenvalue weighted by atomic mass is 9.81. The molecule has 0 radical (unpaired) electrons. The molecule has 1 N–H and O–H groups in total. The Kier molecular flexibility index (Phi) is 6.29. The molecule has 0 aromatic carbocycles. The summed E-state index contributed by atoms with van der Waals surface area (Å²) in [4.78, 5) is 11.4. The van der Waals surface area contributed by atoms with Crippen LogP contribution in [0.25, 0.3) is 0 Å². The number of piperidine rings is 1. The van der Waals surface area contributed by atoms with Crippen molar-refractivity contribution in [2.24, 2.45) is 0 Å². The van der Waals surface area contributed by atoms with Crippen molar-refractivity contribution in [1.29, 1.82) is 0 Å². The zero-order valence-electron chi connectivity index (χ0n) is 16.3. The molecule has 1 atom stereocenters. The Morgan fingerprint density at radius 1 is 1.19 bits per heavy atom. The van der Waals surface area contributed by atoms with Gasteiger partial charge in [0.1, 0.15) is 0 Å². The lowest BCUT2D eigenvalue weighted by Crippen LogP contribution is -2.42. The summed E-state index contributed by atoms with van der Waals surface area (Å²) in [5, 5.41) is 10.0. The van der Waals surface area contributed by atoms with Gasteiger partial charge in [-0.15, -0.1) is 0 Å². The van der Waals surface area contributed by atoms with E-state index in [0.29, 0.717) is 6.04 Å². The van der Waals surface area contributed by atoms with Gasteiger partial charge in [0.25, 0.3) is 0 Å². The first kappa shape index (κ1) is 20.1. The summed E-state index contributed by atoms with van der Waals surface area (Å²) >= 11 is 1.68. The number of rotatable bonds is 6. The van der Waals surface area contributed by atoms with Gasteiger partial charge in [0.15, 0.2) is 5.16 Å². The van der Waals surface area contributed by atoms with Crippen LogP contribution in [-0.4, -0.2) is 69.8 Å². The molecule has 0 spiro atoms. The molecule has 2 fully saturated rings. The molecule has 2 saturated heterocycles. The predicted octanol–water partition coefficient (Wildman–Crippen LogP) is 1.71. The van der Waals surface area contributed by atoms with E-state index in [1.807, 2.05) is 40.1 Å². The number of nitrogens with zero attached hydrogens (tertiary/aromatic N) is 3. The van der Waals surface area contributed by atoms with Crippen LogP contribution in [0.4, 0.5) is 0 Å². The molecule has 0 saturated carbocycles. The highest BCUT2D eigenvalue weighted by atomic mass is 32.2. The highest BCUT2D eigenvalue weighted by Gasteiger charge is 2.51. The lowest BCUT2D eigenvalue weighted by molar-refractivity contribution is 0.00578. The van der Waals surface area contributed by atoms with Gasteiger partial charge in [0.05, 0.1) is 17.8 Å². The van der Waals surface area contributed by atoms with Crippen molar-refractivity contribution in [2.45, 2.75) is 69.4 Å². The van der Waals surface area contributed by atoms with Gasteiger partial charge in [-0.25, -0.2) is 9.97 Å². The smallest absolute Gasteiger partial charge is 0.399 e. The molecule has 1 aromatic rings. The second-order valence-corrected chi connectivity index (χ2v) is 9.09. The Morgan fingerprint density at radius 3 is 2.46 bits per heavy atom. The predicted molar refractivity (Wildman–Crippen MR) is 105 cm³/mol. The van der Waals surface area contributed by atoms with E-state index in [1.54, 1.807) is 11.8 Å². The molecule has 26 heavy (non-hydrogen) atoms. The number of likely N-dealkylation sites (tertiary alicyclic amines) is 1. The van der Waals surface area contributed by atoms with Crippen LogP contribution >= 0.6 is 11.8 Å². The molecule has 0 amide bonds. The Morgan fingerprint density at radius 2 is 1.85 bits per heavy atom. The van der Waals surface area contributed by atoms with E-state index in [9.17, 15) is 5.11 Å². The number of thioether (sulfide) groups is 1. The third kappa shape index (κ3) is 4.42. The molecule has 1 aromatic heterocycles. The van der Waals surface area contributed by atoms with Gasteiger partial charge >= 0.3 is 7.12 Å². The molecule has 3 rings (SSSR count). The molecule has 0 bridgehead atoms. The second kappa shape index (κ2) is 8.14. The number of aliphatic hydroxyl groups excluding tert-OH is 1. The minimum absolute atomic E-state index is 0.223. The number of hydrogen-bond acceptors (Lipinski definition) is 7. The van der Waals surface area contributed by atoms with Gasteiger partial charge in [0.2, 0.25) is 0 Å². The van der Waals surface area contributed by atoms with Crippen LogP contribution in [0.2, 0.25) is 0 Å². The first-order chi connectivity index (χ1) is 12.3. The van der Waals surface area contributed by atoms with E-state index in [4.69, 9.17) is 9.31 Å². The summed E-state index contributed by atoms with van der Waals surface area (Å²) in [6.07, 6.45) is 7.28. The Bertz CT molecular complexity index is 582. The maximum absolute atomic E-state index is 9.23. The molecule has 0 unspecified atom stereocenters. The molecule has 2 aliphatic rings. The summed E-state index contributed by atoms with van der Waals surface area (Å²) in [7, 11) is -0.419. The quantitative estimate of drug-likeness (QED) is 0.459. The van der Waals surface area contributed by atoms with Gasteiger partial charge in [-0.3, -0.25) is 4.90 Å². The first-order valence-electron chi connectivity index (χ1n) is 9.48. The lowest BCUT2D eigenvalue weighted by Gasteiger charge is -2.34. The average Bonchev–Trinajstić information content (AvgIpc) is 2.82. The Balaban J connectivity index is 1.57. The summed E-state index contributed by atoms with van der Waals surface area (Å²) in [6.45, 7) is 10.2. The third-order valence-electron chi connectivity index (χ3n) is 5.71. The van der Waals surface area contributed by atoms with Gasteiger partial charge in [-0.2, -0.15) is 0 Å². The monoisotopic (exact) mass is 379 g/mol. The molecular weight excluding hydrogens is 349 g/mol. The summed E-state index contributed by atoms with van der Waals surface area (Å²) in [6, 6.07) is 0.493. The molecule has 2 aliphatic heterocycles. The van der Waals surface area contributed by atoms with Crippen molar-refractivity contribution >= 4 is 24.3 Å². The van der Waals surface area contributed by atoms with Gasteiger partial charge < -0.3 is 14.4 Å². The van der Waals surface area contributed by atoms with Gasteiger partial charge in [-0.1, -0.05) is 18.2 Å². The van der Waals surface area contributed by atoms with Crippen molar-refractivity contribution < 1.29 is 14.4 Å². The Labute approximate surface area is 161 Å². The van der Waals surface area contributed by atoms with Gasteiger partial charge in [0, 0.05) is 36.2 Å². The SMILES string of the molecule is CC1(C)OB(c2cnc(SC[C@@H]3CCCCN3CCO)nc2)OC1(C)C. The van der Waals surface area contributed by atoms with E-state index in [1.165, 1.54) is 19.3 Å². The molecule has 0 aliphatic carbocycles. The summed E-state index contributed by atoms with van der Waals surface area (Å²) < 4.78 is 12.1. The largest absolute Gasteiger partial charge is 0.498 e. The van der Waals surface area contributed by atoms with E-state index in [-0.39, 0.29) is 17.8 Å². The van der Waals surface area contributed by atoms with Crippen LogP contribution in [0.15, 0.2) is 17.6 Å². The van der Waals surface area contributed by atoms with Crippen LogP contribution in [0.1, 0.15) is 47.0 Å². The van der Waals surface area contributed by atoms with Crippen LogP contribution < -0.4 is 5.46 Å². The minimum Gasteiger partial charge on any atom is -0.399 e. The van der Waals surface area contributed by atoms with Crippen LogP contribution in [0.5, 0.6) is 0 Å². The number of aromatic nitrogens is 2. The molecule has 3 heterocycles. The molecule has 6 nitrogen and oxygen atoms in total. The standard InChI is InChI=1S/C18H30BN3O3S/c1-17(2)18(3,4)25-19(24-17)14-11-20-16(21-12-14)26-13-15-7-5-6-8-22(15)9-10-23/h11-12,15,23H,5-10,13H2,1-4H3/t15-/m0/s1. The van der Waals surface area contributed by atoms with Crippen LogP contribution in [0, 0.1) is 0 Å². The minimum atomic E-state index is -0.419. The first-order valence-corrected chi connectivity index (χ1v) is 10.5. The summed E-state index contributed by atoms with van der Waals surface area (Å²) in [5.41, 5.74) is 0.136. The topological polar surface area (TPSA) is 67.7 Å². The second-order valence-electron chi connectivity index (χ2n) is 8.11. The molecular formula is C18H30BN3O3S. The van der Waals surface area contributed by atoms with E-state index >= 15 is 0 Å². The van der Waals surface area contributed by atoms with Gasteiger partial charge in [-0.05, 0) is 47.1 Å². The van der Waals surface area contributed by atoms with Crippen LogP contribution in [0.3, 0.4) is 0 Å². The van der Waals surface area contributed by atoms with Crippen molar-refractivity contribution in [3.8, 4) is 0 Å². The van der Waals surface area contributed by atoms with Crippen molar-refractivity contribution in [2.75, 3.05) is 25.4 Å². The maximum Gasteiger partial charge on any atom is 0.498 e. The van der Waals surface area contributed by atoms with E-state index in [0.717, 1.165) is 29.5 Å².